The minimum Gasteiger partial charge on any atom is -0.463 e. The predicted molar refractivity (Wildman–Crippen MR) is 132 cm³/mol. The number of carbonyl (C=O) groups is 2. The van der Waals surface area contributed by atoms with Crippen molar-refractivity contribution >= 4 is 34.5 Å². The molecule has 0 fully saturated rings. The number of rotatable bonds is 7. The van der Waals surface area contributed by atoms with Crippen molar-refractivity contribution in [2.75, 3.05) is 20.2 Å². The van der Waals surface area contributed by atoms with Crippen molar-refractivity contribution in [1.29, 1.82) is 0 Å². The molecule has 0 radical (unpaired) electrons. The second kappa shape index (κ2) is 10.3. The minimum atomic E-state index is -0.622. The van der Waals surface area contributed by atoms with Gasteiger partial charge in [-0.3, -0.25) is 4.79 Å². The number of benzene rings is 2. The zero-order valence-corrected chi connectivity index (χ0v) is 20.1. The van der Waals surface area contributed by atoms with Gasteiger partial charge in [-0.2, -0.15) is 0 Å². The first-order valence-corrected chi connectivity index (χ1v) is 12.0. The van der Waals surface area contributed by atoms with E-state index in [0.717, 1.165) is 11.3 Å². The highest BCUT2D eigenvalue weighted by Crippen LogP contribution is 2.47. The van der Waals surface area contributed by atoms with E-state index in [2.05, 4.69) is 0 Å². The first-order chi connectivity index (χ1) is 16.4. The number of esters is 1. The fraction of sp³-hybridized carbons (Fsp3) is 0.269. The summed E-state index contributed by atoms with van der Waals surface area (Å²) in [6.07, 6.45) is 0.158. The quantitative estimate of drug-likeness (QED) is 0.525. The largest absolute Gasteiger partial charge is 0.463 e. The van der Waals surface area contributed by atoms with Gasteiger partial charge in [0.2, 0.25) is 5.91 Å². The molecule has 2 aromatic carbocycles. The van der Waals surface area contributed by atoms with Crippen LogP contribution in [0.15, 0.2) is 76.3 Å². The fourth-order valence-corrected chi connectivity index (χ4v) is 4.83. The van der Waals surface area contributed by atoms with Crippen LogP contribution in [0.4, 0.5) is 4.39 Å². The molecule has 2 heterocycles. The number of halogens is 1. The van der Waals surface area contributed by atoms with E-state index in [1.807, 2.05) is 47.6 Å². The van der Waals surface area contributed by atoms with Crippen molar-refractivity contribution in [2.24, 2.45) is 4.99 Å². The Morgan fingerprint density at radius 1 is 1.12 bits per heavy atom. The highest BCUT2D eigenvalue weighted by molar-refractivity contribution is 8.16. The lowest BCUT2D eigenvalue weighted by atomic mass is 9.91. The first kappa shape index (κ1) is 23.8. The average molecular weight is 480 g/mol. The Morgan fingerprint density at radius 2 is 1.82 bits per heavy atom. The minimum absolute atomic E-state index is 0.0380. The number of aliphatic imine (C=N–C) groups is 1. The van der Waals surface area contributed by atoms with Crippen LogP contribution in [0.5, 0.6) is 0 Å². The molecule has 0 saturated carbocycles. The summed E-state index contributed by atoms with van der Waals surface area (Å²) in [5, 5.41) is 2.55. The molecule has 1 amide bonds. The molecule has 0 unspecified atom stereocenters. The molecule has 0 N–H and O–H groups in total. The Labute approximate surface area is 202 Å². The number of hydrogen-bond acceptors (Lipinski definition) is 6. The third-order valence-corrected chi connectivity index (χ3v) is 6.66. The zero-order chi connectivity index (χ0) is 24.2. The third-order valence-electron chi connectivity index (χ3n) is 5.77. The molecule has 176 valence electrons. The van der Waals surface area contributed by atoms with Crippen LogP contribution < -0.4 is 0 Å². The molecule has 2 aromatic rings. The second-order valence-electron chi connectivity index (χ2n) is 7.88. The summed E-state index contributed by atoms with van der Waals surface area (Å²) in [5.41, 5.74) is 3.08. The van der Waals surface area contributed by atoms with E-state index in [0.29, 0.717) is 28.5 Å². The summed E-state index contributed by atoms with van der Waals surface area (Å²) in [6, 6.07) is 14.9. The van der Waals surface area contributed by atoms with Gasteiger partial charge in [0.05, 0.1) is 30.3 Å². The molecule has 8 heteroatoms. The van der Waals surface area contributed by atoms with Gasteiger partial charge in [-0.15, -0.1) is 0 Å². The van der Waals surface area contributed by atoms with E-state index in [9.17, 15) is 14.0 Å². The topological polar surface area (TPSA) is 62.2 Å². The van der Waals surface area contributed by atoms with Gasteiger partial charge in [-0.1, -0.05) is 54.2 Å². The molecule has 0 aromatic heterocycles. The van der Waals surface area contributed by atoms with Gasteiger partial charge < -0.3 is 14.5 Å². The summed E-state index contributed by atoms with van der Waals surface area (Å²) in [7, 11) is 1.76. The van der Waals surface area contributed by atoms with Crippen molar-refractivity contribution in [3.8, 4) is 0 Å². The molecule has 34 heavy (non-hydrogen) atoms. The lowest BCUT2D eigenvalue weighted by Gasteiger charge is -2.37. The Hall–Kier alpha value is -3.39. The van der Waals surface area contributed by atoms with Crippen molar-refractivity contribution < 1.29 is 18.7 Å². The smallest absolute Gasteiger partial charge is 0.338 e. The molecule has 0 saturated heterocycles. The summed E-state index contributed by atoms with van der Waals surface area (Å²) in [5.74, 6) is -0.902. The predicted octanol–water partition coefficient (Wildman–Crippen LogP) is 4.97. The number of ether oxygens (including phenoxy) is 1. The Balaban J connectivity index is 1.88. The molecule has 0 spiro atoms. The van der Waals surface area contributed by atoms with E-state index >= 15 is 0 Å². The number of nitrogens with zero attached hydrogens (tertiary/aromatic N) is 3. The van der Waals surface area contributed by atoms with Gasteiger partial charge in [0, 0.05) is 24.9 Å². The molecule has 6 nitrogen and oxygen atoms in total. The SMILES string of the molecule is CCOC(=O)C1=C(c2ccccc2)N=C2SC=C(CC(=O)N(C)CC)N2[C@H]1c1ccc(F)cc1. The van der Waals surface area contributed by atoms with Gasteiger partial charge in [-0.05, 0) is 37.0 Å². The number of hydrogen-bond donors (Lipinski definition) is 0. The summed E-state index contributed by atoms with van der Waals surface area (Å²) in [4.78, 5) is 34.5. The second-order valence-corrected chi connectivity index (χ2v) is 8.72. The average Bonchev–Trinajstić information content (AvgIpc) is 3.25. The number of fused-ring (bicyclic) bond motifs is 1. The molecule has 0 aliphatic carbocycles. The van der Waals surface area contributed by atoms with Gasteiger partial charge in [0.25, 0.3) is 0 Å². The van der Waals surface area contributed by atoms with E-state index in [1.54, 1.807) is 31.0 Å². The van der Waals surface area contributed by atoms with Crippen molar-refractivity contribution in [1.82, 2.24) is 9.80 Å². The van der Waals surface area contributed by atoms with Crippen LogP contribution in [-0.2, 0) is 14.3 Å². The lowest BCUT2D eigenvalue weighted by Crippen LogP contribution is -2.38. The maximum absolute atomic E-state index is 13.8. The normalized spacial score (nSPS) is 17.2. The fourth-order valence-electron chi connectivity index (χ4n) is 3.92. The molecule has 4 rings (SSSR count). The van der Waals surface area contributed by atoms with E-state index in [1.165, 1.54) is 23.9 Å². The first-order valence-electron chi connectivity index (χ1n) is 11.1. The van der Waals surface area contributed by atoms with Gasteiger partial charge >= 0.3 is 5.97 Å². The Morgan fingerprint density at radius 3 is 2.47 bits per heavy atom. The van der Waals surface area contributed by atoms with Crippen molar-refractivity contribution in [3.05, 3.63) is 88.2 Å². The lowest BCUT2D eigenvalue weighted by molar-refractivity contribution is -0.139. The maximum Gasteiger partial charge on any atom is 0.338 e. The Bertz CT molecular complexity index is 1180. The molecular weight excluding hydrogens is 453 g/mol. The molecule has 0 bridgehead atoms. The monoisotopic (exact) mass is 479 g/mol. The molecular formula is C26H26FN3O3S. The van der Waals surface area contributed by atoms with Gasteiger partial charge in [0.1, 0.15) is 5.82 Å². The van der Waals surface area contributed by atoms with E-state index in [4.69, 9.17) is 9.73 Å². The number of thioether (sulfide) groups is 1. The molecule has 2 aliphatic rings. The van der Waals surface area contributed by atoms with Crippen LogP contribution in [0.25, 0.3) is 5.70 Å². The van der Waals surface area contributed by atoms with Gasteiger partial charge in [0.15, 0.2) is 5.17 Å². The maximum atomic E-state index is 13.8. The highest BCUT2D eigenvalue weighted by Gasteiger charge is 2.42. The summed E-state index contributed by atoms with van der Waals surface area (Å²) in [6.45, 7) is 4.46. The van der Waals surface area contributed by atoms with Crippen LogP contribution >= 0.6 is 11.8 Å². The van der Waals surface area contributed by atoms with Crippen LogP contribution in [0.2, 0.25) is 0 Å². The van der Waals surface area contributed by atoms with Crippen LogP contribution in [-0.4, -0.2) is 47.0 Å². The highest BCUT2D eigenvalue weighted by atomic mass is 32.2. The van der Waals surface area contributed by atoms with Crippen LogP contribution in [0.3, 0.4) is 0 Å². The van der Waals surface area contributed by atoms with Crippen LogP contribution in [0.1, 0.15) is 37.4 Å². The van der Waals surface area contributed by atoms with Crippen LogP contribution in [0, 0.1) is 5.82 Å². The number of amidine groups is 1. The van der Waals surface area contributed by atoms with E-state index < -0.39 is 12.0 Å². The van der Waals surface area contributed by atoms with Gasteiger partial charge in [-0.25, -0.2) is 14.2 Å². The molecule has 1 atom stereocenters. The summed E-state index contributed by atoms with van der Waals surface area (Å²) < 4.78 is 19.3. The standard InChI is InChI=1S/C26H26FN3O3S/c1-4-29(3)21(31)15-20-16-34-26-28-23(17-9-7-6-8-10-17)22(25(32)33-5-2)24(30(20)26)18-11-13-19(27)14-12-18/h6-14,16,24H,4-5,15H2,1-3H3/t24-/m0/s1. The number of carbonyl (C=O) groups excluding carboxylic acids is 2. The molecule has 2 aliphatic heterocycles. The van der Waals surface area contributed by atoms with E-state index in [-0.39, 0.29) is 24.8 Å². The summed E-state index contributed by atoms with van der Waals surface area (Å²) >= 11 is 1.41. The Kier molecular flexibility index (Phi) is 7.17. The zero-order valence-electron chi connectivity index (χ0n) is 19.3. The van der Waals surface area contributed by atoms with Crippen molar-refractivity contribution in [3.63, 3.8) is 0 Å². The van der Waals surface area contributed by atoms with Crippen molar-refractivity contribution in [2.45, 2.75) is 26.3 Å². The number of amides is 1. The third kappa shape index (κ3) is 4.63.